The third-order valence-electron chi connectivity index (χ3n) is 3.96. The zero-order valence-corrected chi connectivity index (χ0v) is 15.9. The minimum absolute atomic E-state index is 0.275. The van der Waals surface area contributed by atoms with Gasteiger partial charge in [-0.3, -0.25) is 4.79 Å². The molecule has 0 saturated heterocycles. The molecule has 0 aliphatic heterocycles. The van der Waals surface area contributed by atoms with Gasteiger partial charge in [-0.1, -0.05) is 60.2 Å². The number of hydrogen-bond donors (Lipinski definition) is 0. The highest BCUT2D eigenvalue weighted by atomic mass is 35.5. The highest BCUT2D eigenvalue weighted by Gasteiger charge is 2.17. The lowest BCUT2D eigenvalue weighted by molar-refractivity contribution is 0.100. The lowest BCUT2D eigenvalue weighted by Crippen LogP contribution is -2.16. The maximum absolute atomic E-state index is 12.8. The van der Waals surface area contributed by atoms with E-state index in [2.05, 4.69) is 28.6 Å². The summed E-state index contributed by atoms with van der Waals surface area (Å²) in [5.41, 5.74) is 1.11. The first-order valence-electron chi connectivity index (χ1n) is 8.03. The summed E-state index contributed by atoms with van der Waals surface area (Å²) < 4.78 is 4.24. The highest BCUT2D eigenvalue weighted by molar-refractivity contribution is 7.21. The van der Waals surface area contributed by atoms with E-state index in [4.69, 9.17) is 11.6 Å². The Balaban J connectivity index is 1.87. The second-order valence-corrected chi connectivity index (χ2v) is 8.10. The van der Waals surface area contributed by atoms with Gasteiger partial charge < -0.3 is 4.57 Å². The number of benzene rings is 2. The molecule has 0 bridgehead atoms. The van der Waals surface area contributed by atoms with E-state index in [1.165, 1.54) is 22.7 Å². The molecule has 0 aliphatic rings. The molecule has 0 unspecified atom stereocenters. The minimum Gasteiger partial charge on any atom is -0.316 e. The number of para-hydroxylation sites is 1. The minimum atomic E-state index is -0.275. The molecule has 0 N–H and O–H groups in total. The first-order valence-corrected chi connectivity index (χ1v) is 10.0. The highest BCUT2D eigenvalue weighted by Crippen LogP contribution is 2.35. The molecule has 1 amide bonds. The van der Waals surface area contributed by atoms with Crippen molar-refractivity contribution in [2.24, 2.45) is 4.99 Å². The van der Waals surface area contributed by atoms with Crippen molar-refractivity contribution >= 4 is 60.5 Å². The summed E-state index contributed by atoms with van der Waals surface area (Å²) in [6, 6.07) is 15.9. The van der Waals surface area contributed by atoms with Crippen molar-refractivity contribution in [2.75, 3.05) is 0 Å². The first kappa shape index (κ1) is 16.5. The molecule has 6 heteroatoms. The monoisotopic (exact) mass is 386 g/mol. The Hall–Kier alpha value is -1.95. The van der Waals surface area contributed by atoms with Crippen LogP contribution in [0.15, 0.2) is 53.5 Å². The molecule has 0 radical (unpaired) electrons. The second-order valence-electron chi connectivity index (χ2n) is 5.66. The summed E-state index contributed by atoms with van der Waals surface area (Å²) in [6.45, 7) is 2.95. The van der Waals surface area contributed by atoms with Gasteiger partial charge in [0.1, 0.15) is 4.88 Å². The third kappa shape index (κ3) is 2.92. The van der Waals surface area contributed by atoms with E-state index in [-0.39, 0.29) is 5.91 Å². The van der Waals surface area contributed by atoms with E-state index in [1.54, 1.807) is 0 Å². The fourth-order valence-electron chi connectivity index (χ4n) is 2.84. The number of fused-ring (bicyclic) bond motifs is 2. The number of rotatable bonds is 3. The predicted molar refractivity (Wildman–Crippen MR) is 107 cm³/mol. The molecule has 0 fully saturated rings. The van der Waals surface area contributed by atoms with E-state index in [0.717, 1.165) is 38.1 Å². The van der Waals surface area contributed by atoms with Gasteiger partial charge in [0.05, 0.1) is 15.2 Å². The van der Waals surface area contributed by atoms with E-state index in [1.807, 2.05) is 36.4 Å². The Morgan fingerprint density at radius 1 is 1.08 bits per heavy atom. The molecule has 2 heterocycles. The number of halogens is 1. The number of hydrogen-bond acceptors (Lipinski definition) is 3. The average molecular weight is 387 g/mol. The molecule has 4 rings (SSSR count). The van der Waals surface area contributed by atoms with Gasteiger partial charge in [0, 0.05) is 16.6 Å². The molecule has 2 aromatic heterocycles. The van der Waals surface area contributed by atoms with E-state index in [9.17, 15) is 4.79 Å². The molecule has 3 nitrogen and oxygen atoms in total. The first-order chi connectivity index (χ1) is 12.2. The van der Waals surface area contributed by atoms with Crippen molar-refractivity contribution in [1.82, 2.24) is 4.57 Å². The second kappa shape index (κ2) is 6.75. The number of carbonyl (C=O) groups excluding carboxylic acids is 1. The third-order valence-corrected chi connectivity index (χ3v) is 6.68. The summed E-state index contributed by atoms with van der Waals surface area (Å²) >= 11 is 9.36. The SMILES string of the molecule is CCCn1c(=NC(=O)c2sc3ccccc3c2Cl)sc2ccccc21. The van der Waals surface area contributed by atoms with Crippen molar-refractivity contribution in [3.8, 4) is 0 Å². The number of thiophene rings is 1. The van der Waals surface area contributed by atoms with Gasteiger partial charge in [0.2, 0.25) is 0 Å². The number of aryl methyl sites for hydroxylation is 1. The topological polar surface area (TPSA) is 34.4 Å². The van der Waals surface area contributed by atoms with Crippen LogP contribution in [-0.2, 0) is 6.54 Å². The molecule has 0 saturated carbocycles. The van der Waals surface area contributed by atoms with Crippen molar-refractivity contribution in [2.45, 2.75) is 19.9 Å². The van der Waals surface area contributed by atoms with Crippen LogP contribution < -0.4 is 4.80 Å². The number of thiazole rings is 1. The van der Waals surface area contributed by atoms with Gasteiger partial charge in [-0.25, -0.2) is 0 Å². The number of amides is 1. The van der Waals surface area contributed by atoms with Gasteiger partial charge in [-0.15, -0.1) is 11.3 Å². The van der Waals surface area contributed by atoms with Crippen LogP contribution in [0.3, 0.4) is 0 Å². The molecular formula is C19H15ClN2OS2. The van der Waals surface area contributed by atoms with Crippen molar-refractivity contribution in [3.05, 3.63) is 63.2 Å². The summed E-state index contributed by atoms with van der Waals surface area (Å²) in [5, 5.41) is 1.41. The molecule has 0 atom stereocenters. The lowest BCUT2D eigenvalue weighted by atomic mass is 10.2. The smallest absolute Gasteiger partial charge is 0.291 e. The fourth-order valence-corrected chi connectivity index (χ4v) is 5.29. The van der Waals surface area contributed by atoms with Gasteiger partial charge in [-0.2, -0.15) is 4.99 Å². The van der Waals surface area contributed by atoms with Crippen LogP contribution in [0, 0.1) is 0 Å². The van der Waals surface area contributed by atoms with Crippen LogP contribution in [0.4, 0.5) is 0 Å². The summed E-state index contributed by atoms with van der Waals surface area (Å²) in [7, 11) is 0. The Labute approximate surface area is 157 Å². The van der Waals surface area contributed by atoms with Gasteiger partial charge >= 0.3 is 0 Å². The zero-order valence-electron chi connectivity index (χ0n) is 13.5. The van der Waals surface area contributed by atoms with Crippen molar-refractivity contribution < 1.29 is 4.79 Å². The van der Waals surface area contributed by atoms with Gasteiger partial charge in [-0.05, 0) is 24.6 Å². The quantitative estimate of drug-likeness (QED) is 0.443. The number of nitrogens with zero attached hydrogens (tertiary/aromatic N) is 2. The maximum Gasteiger partial charge on any atom is 0.291 e. The molecule has 25 heavy (non-hydrogen) atoms. The Bertz CT molecular complexity index is 1150. The van der Waals surface area contributed by atoms with E-state index >= 15 is 0 Å². The molecular weight excluding hydrogens is 372 g/mol. The summed E-state index contributed by atoms with van der Waals surface area (Å²) in [5.74, 6) is -0.275. The molecule has 0 spiro atoms. The van der Waals surface area contributed by atoms with E-state index in [0.29, 0.717) is 9.90 Å². The molecule has 0 aliphatic carbocycles. The van der Waals surface area contributed by atoms with Crippen LogP contribution in [-0.4, -0.2) is 10.5 Å². The van der Waals surface area contributed by atoms with Crippen LogP contribution in [0.5, 0.6) is 0 Å². The Morgan fingerprint density at radius 3 is 2.56 bits per heavy atom. The number of aromatic nitrogens is 1. The van der Waals surface area contributed by atoms with E-state index < -0.39 is 0 Å². The normalized spacial score (nSPS) is 12.3. The van der Waals surface area contributed by atoms with Crippen molar-refractivity contribution in [3.63, 3.8) is 0 Å². The van der Waals surface area contributed by atoms with Crippen LogP contribution >= 0.6 is 34.3 Å². The summed E-state index contributed by atoms with van der Waals surface area (Å²) in [4.78, 5) is 18.4. The van der Waals surface area contributed by atoms with Gasteiger partial charge in [0.15, 0.2) is 4.80 Å². The van der Waals surface area contributed by atoms with Crippen LogP contribution in [0.25, 0.3) is 20.3 Å². The van der Waals surface area contributed by atoms with Crippen LogP contribution in [0.1, 0.15) is 23.0 Å². The summed E-state index contributed by atoms with van der Waals surface area (Å²) in [6.07, 6.45) is 0.978. The maximum atomic E-state index is 12.8. The molecule has 4 aromatic rings. The van der Waals surface area contributed by atoms with Gasteiger partial charge in [0.25, 0.3) is 5.91 Å². The Morgan fingerprint density at radius 2 is 1.80 bits per heavy atom. The van der Waals surface area contributed by atoms with Crippen molar-refractivity contribution in [1.29, 1.82) is 0 Å². The fraction of sp³-hybridized carbons (Fsp3) is 0.158. The molecule has 2 aromatic carbocycles. The zero-order chi connectivity index (χ0) is 17.4. The van der Waals surface area contributed by atoms with Crippen LogP contribution in [0.2, 0.25) is 5.02 Å². The predicted octanol–water partition coefficient (Wildman–Crippen LogP) is 5.72. The standard InChI is InChI=1S/C19H15ClN2OS2/c1-2-11-22-13-8-4-6-10-15(13)25-19(22)21-18(23)17-16(20)12-7-3-5-9-14(12)24-17/h3-10H,2,11H2,1H3. The average Bonchev–Trinajstić information content (AvgIpc) is 3.14. The Kier molecular flexibility index (Phi) is 4.46. The lowest BCUT2D eigenvalue weighted by Gasteiger charge is -2.01. The largest absolute Gasteiger partial charge is 0.316 e. The molecule has 126 valence electrons. The number of carbonyl (C=O) groups is 1.